The summed E-state index contributed by atoms with van der Waals surface area (Å²) in [6.07, 6.45) is 4.84. The summed E-state index contributed by atoms with van der Waals surface area (Å²) in [4.78, 5) is -1.00. The van der Waals surface area contributed by atoms with Crippen molar-refractivity contribution in [1.82, 2.24) is 0 Å². The lowest BCUT2D eigenvalue weighted by Gasteiger charge is -2.56. The van der Waals surface area contributed by atoms with Gasteiger partial charge in [0.15, 0.2) is 0 Å². The molecule has 0 aromatic heterocycles. The molecular formula is C18H32OS. The second-order valence-electron chi connectivity index (χ2n) is 7.53. The summed E-state index contributed by atoms with van der Waals surface area (Å²) >= 11 is 1.65. The zero-order valence-corrected chi connectivity index (χ0v) is 14.3. The summed E-state index contributed by atoms with van der Waals surface area (Å²) in [6.45, 7) is 8.90. The molecule has 1 aliphatic heterocycles. The first kappa shape index (κ1) is 11.8. The maximum atomic E-state index is 9.13. The highest BCUT2D eigenvalue weighted by atomic mass is 32.2. The first-order valence-corrected chi connectivity index (χ1v) is 9.26. The monoisotopic (exact) mass is 299 g/mol. The Morgan fingerprint density at radius 2 is 2.15 bits per heavy atom. The fraction of sp³-hybridized carbons (Fsp3) is 1.00. The van der Waals surface area contributed by atoms with Crippen molar-refractivity contribution in [2.75, 3.05) is 0 Å². The largest absolute Gasteiger partial charge is 0.360 e. The first-order valence-electron chi connectivity index (χ1n) is 9.95. The summed E-state index contributed by atoms with van der Waals surface area (Å²) in [6, 6.07) is 0. The van der Waals surface area contributed by atoms with Crippen molar-refractivity contribution in [3.05, 3.63) is 0 Å². The highest BCUT2D eigenvalue weighted by Gasteiger charge is 2.56. The van der Waals surface area contributed by atoms with Crippen LogP contribution in [0.2, 0.25) is 0 Å². The maximum Gasteiger partial charge on any atom is 0.117 e. The van der Waals surface area contributed by atoms with Crippen LogP contribution >= 0.6 is 11.8 Å². The third kappa shape index (κ3) is 2.56. The Bertz CT molecular complexity index is 469. The molecule has 0 radical (unpaired) electrons. The minimum absolute atomic E-state index is 0.0270. The van der Waals surface area contributed by atoms with Crippen LogP contribution in [0.4, 0.5) is 0 Å². The second-order valence-corrected chi connectivity index (χ2v) is 9.36. The average Bonchev–Trinajstić information content (AvgIpc) is 2.60. The summed E-state index contributed by atoms with van der Waals surface area (Å²) in [5.74, 6) is 0.320. The molecule has 20 heavy (non-hydrogen) atoms. The molecular weight excluding hydrogens is 264 g/mol. The summed E-state index contributed by atoms with van der Waals surface area (Å²) < 4.78 is 33.1. The Hall–Kier alpha value is 0.310. The molecule has 0 aromatic rings. The van der Waals surface area contributed by atoms with Crippen LogP contribution in [0, 0.1) is 17.7 Å². The van der Waals surface area contributed by atoms with E-state index < -0.39 is 17.2 Å². The Morgan fingerprint density at radius 1 is 1.35 bits per heavy atom. The average molecular weight is 300 g/mol. The lowest BCUT2D eigenvalue weighted by molar-refractivity contribution is -0.121. The molecule has 5 atom stereocenters. The van der Waals surface area contributed by atoms with E-state index in [0.29, 0.717) is 24.7 Å². The van der Waals surface area contributed by atoms with E-state index in [1.54, 1.807) is 11.8 Å². The molecule has 1 saturated heterocycles. The summed E-state index contributed by atoms with van der Waals surface area (Å²) in [7, 11) is 0. The first-order chi connectivity index (χ1) is 10.6. The predicted molar refractivity (Wildman–Crippen MR) is 88.0 cm³/mol. The maximum absolute atomic E-state index is 9.13. The van der Waals surface area contributed by atoms with E-state index in [4.69, 9.17) is 8.85 Å². The Labute approximate surface area is 133 Å². The van der Waals surface area contributed by atoms with Gasteiger partial charge in [-0.3, -0.25) is 0 Å². The summed E-state index contributed by atoms with van der Waals surface area (Å²) in [5, 5.41) is 0. The Balaban J connectivity index is 2.02. The molecule has 2 aliphatic carbocycles. The van der Waals surface area contributed by atoms with Crippen LogP contribution in [0.15, 0.2) is 0 Å². The molecule has 3 rings (SSSR count). The number of hydrogen-bond donors (Lipinski definition) is 0. The zero-order valence-electron chi connectivity index (χ0n) is 16.5. The van der Waals surface area contributed by atoms with Crippen molar-refractivity contribution in [3.63, 3.8) is 0 Å². The lowest BCUT2D eigenvalue weighted by atomic mass is 9.74. The van der Waals surface area contributed by atoms with E-state index in [1.807, 2.05) is 0 Å². The number of fused-ring (bicyclic) bond motifs is 1. The van der Waals surface area contributed by atoms with Crippen LogP contribution < -0.4 is 0 Å². The van der Waals surface area contributed by atoms with Crippen LogP contribution in [0.1, 0.15) is 83.1 Å². The molecule has 0 aromatic carbocycles. The van der Waals surface area contributed by atoms with Gasteiger partial charge in [0, 0.05) is 8.86 Å². The third-order valence-corrected chi connectivity index (χ3v) is 7.12. The van der Waals surface area contributed by atoms with Crippen LogP contribution in [-0.4, -0.2) is 15.8 Å². The Kier molecular flexibility index (Phi) is 3.25. The van der Waals surface area contributed by atoms with Gasteiger partial charge in [0.2, 0.25) is 0 Å². The van der Waals surface area contributed by atoms with Gasteiger partial charge in [0.25, 0.3) is 0 Å². The van der Waals surface area contributed by atoms with Crippen molar-refractivity contribution in [2.24, 2.45) is 17.7 Å². The van der Waals surface area contributed by atoms with Gasteiger partial charge in [-0.25, -0.2) is 0 Å². The molecule has 1 nitrogen and oxygen atoms in total. The standard InChI is InChI=1S/C18H32OS/c1-5-7-14-8-6-11-18(14)19-16-12-13(2)9-10-15(16)17(3,4)20-18/h13-16H,5-12H2,1-4H3/t13-,14+,15-,16+,18?/m1/s1/i11D2,14D. The van der Waals surface area contributed by atoms with Crippen molar-refractivity contribution in [1.29, 1.82) is 0 Å². The quantitative estimate of drug-likeness (QED) is 0.653. The molecule has 1 spiro atoms. The zero-order chi connectivity index (χ0) is 17.1. The van der Waals surface area contributed by atoms with Crippen molar-refractivity contribution in [2.45, 2.75) is 94.8 Å². The van der Waals surface area contributed by atoms with Crippen LogP contribution in [0.25, 0.3) is 0 Å². The van der Waals surface area contributed by atoms with Crippen LogP contribution in [0.5, 0.6) is 0 Å². The fourth-order valence-corrected chi connectivity index (χ4v) is 6.29. The Morgan fingerprint density at radius 3 is 2.90 bits per heavy atom. The minimum atomic E-state index is -1.42. The molecule has 0 amide bonds. The molecule has 1 unspecified atom stereocenters. The lowest BCUT2D eigenvalue weighted by Crippen LogP contribution is -2.55. The normalized spacial score (nSPS) is 55.8. The highest BCUT2D eigenvalue weighted by Crippen LogP contribution is 2.61. The van der Waals surface area contributed by atoms with Crippen LogP contribution in [0.3, 0.4) is 0 Å². The molecule has 3 aliphatic rings. The van der Waals surface area contributed by atoms with E-state index in [9.17, 15) is 0 Å². The number of thioether (sulfide) groups is 1. The molecule has 0 N–H and O–H groups in total. The molecule has 116 valence electrons. The fourth-order valence-electron chi connectivity index (χ4n) is 4.43. The van der Waals surface area contributed by atoms with E-state index in [-0.39, 0.29) is 10.9 Å². The highest BCUT2D eigenvalue weighted by molar-refractivity contribution is 8.01. The van der Waals surface area contributed by atoms with E-state index in [2.05, 4.69) is 27.7 Å². The minimum Gasteiger partial charge on any atom is -0.360 e. The van der Waals surface area contributed by atoms with Crippen molar-refractivity contribution in [3.8, 4) is 0 Å². The van der Waals surface area contributed by atoms with Crippen molar-refractivity contribution >= 4 is 11.8 Å². The molecule has 2 heteroatoms. The third-order valence-electron chi connectivity index (χ3n) is 5.47. The van der Waals surface area contributed by atoms with E-state index >= 15 is 0 Å². The smallest absolute Gasteiger partial charge is 0.117 e. The van der Waals surface area contributed by atoms with Gasteiger partial charge in [0.1, 0.15) is 4.93 Å². The van der Waals surface area contributed by atoms with Gasteiger partial charge in [-0.05, 0) is 56.2 Å². The van der Waals surface area contributed by atoms with Gasteiger partial charge in [-0.15, -0.1) is 11.8 Å². The number of hydrogen-bond acceptors (Lipinski definition) is 2. The molecule has 2 saturated carbocycles. The second kappa shape index (κ2) is 5.50. The van der Waals surface area contributed by atoms with Crippen LogP contribution in [-0.2, 0) is 4.74 Å². The van der Waals surface area contributed by atoms with Gasteiger partial charge in [-0.1, -0.05) is 40.5 Å². The number of ether oxygens (including phenoxy) is 1. The topological polar surface area (TPSA) is 9.23 Å². The summed E-state index contributed by atoms with van der Waals surface area (Å²) in [5.41, 5.74) is 0. The molecule has 1 heterocycles. The van der Waals surface area contributed by atoms with Gasteiger partial charge >= 0.3 is 0 Å². The SMILES string of the molecule is [2H]C1([2H])CC[C@]([2H])(CCC)C12O[C@H]1C[C@H](C)CC[C@H]1C(C)(C)S2. The van der Waals surface area contributed by atoms with Crippen molar-refractivity contribution < 1.29 is 8.85 Å². The van der Waals surface area contributed by atoms with E-state index in [1.165, 1.54) is 12.8 Å². The van der Waals surface area contributed by atoms with E-state index in [0.717, 1.165) is 19.3 Å². The number of rotatable bonds is 2. The van der Waals surface area contributed by atoms with Gasteiger partial charge in [0.05, 0.1) is 6.10 Å². The van der Waals surface area contributed by atoms with Gasteiger partial charge < -0.3 is 4.74 Å². The molecule has 0 bridgehead atoms. The molecule has 3 fully saturated rings. The predicted octanol–water partition coefficient (Wildman–Crippen LogP) is 5.63. The van der Waals surface area contributed by atoms with Gasteiger partial charge in [-0.2, -0.15) is 0 Å².